The molecule has 0 spiro atoms. The van der Waals surface area contributed by atoms with Gasteiger partial charge in [0.05, 0.1) is 5.92 Å². The monoisotopic (exact) mass is 222 g/mol. The minimum absolute atomic E-state index is 0.0865. The van der Waals surface area contributed by atoms with Crippen LogP contribution >= 0.6 is 0 Å². The molecule has 1 rings (SSSR count). The van der Waals surface area contributed by atoms with E-state index in [4.69, 9.17) is 4.74 Å². The van der Waals surface area contributed by atoms with Crippen LogP contribution in [-0.4, -0.2) is 17.9 Å². The third-order valence-corrected chi connectivity index (χ3v) is 2.80. The normalized spacial score (nSPS) is 23.9. The van der Waals surface area contributed by atoms with Gasteiger partial charge < -0.3 is 9.53 Å². The number of carbonyl (C=O) groups excluding carboxylic acids is 2. The lowest BCUT2D eigenvalue weighted by molar-refractivity contribution is -0.143. The van der Waals surface area contributed by atoms with E-state index in [-0.39, 0.29) is 23.8 Å². The van der Waals surface area contributed by atoms with E-state index in [1.807, 2.05) is 0 Å². The summed E-state index contributed by atoms with van der Waals surface area (Å²) >= 11 is 0. The molecular weight excluding hydrogens is 204 g/mol. The molecule has 0 amide bonds. The fraction of sp³-hybridized carbons (Fsp3) is 0.538. The van der Waals surface area contributed by atoms with Gasteiger partial charge in [-0.25, -0.2) is 0 Å². The first-order chi connectivity index (χ1) is 7.54. The van der Waals surface area contributed by atoms with Crippen molar-refractivity contribution >= 4 is 11.8 Å². The smallest absolute Gasteiger partial charge is 0.310 e. The minimum Gasteiger partial charge on any atom is -0.458 e. The van der Waals surface area contributed by atoms with Gasteiger partial charge in [-0.05, 0) is 25.3 Å². The van der Waals surface area contributed by atoms with Gasteiger partial charge in [0.1, 0.15) is 11.9 Å². The highest BCUT2D eigenvalue weighted by Crippen LogP contribution is 2.29. The Bertz CT molecular complexity index is 317. The second-order valence-electron chi connectivity index (χ2n) is 4.24. The number of allylic oxidation sites excluding steroid dienone is 1. The van der Waals surface area contributed by atoms with Gasteiger partial charge in [0.25, 0.3) is 0 Å². The summed E-state index contributed by atoms with van der Waals surface area (Å²) in [4.78, 5) is 22.3. The molecular formula is C13H18O3. The van der Waals surface area contributed by atoms with Crippen molar-refractivity contribution < 1.29 is 14.3 Å². The van der Waals surface area contributed by atoms with Crippen molar-refractivity contribution in [3.8, 4) is 0 Å². The van der Waals surface area contributed by atoms with E-state index >= 15 is 0 Å². The lowest BCUT2D eigenvalue weighted by atomic mass is 9.96. The Labute approximate surface area is 96.2 Å². The number of cyclic esters (lactones) is 1. The summed E-state index contributed by atoms with van der Waals surface area (Å²) in [6, 6.07) is 0. The maximum absolute atomic E-state index is 11.4. The quantitative estimate of drug-likeness (QED) is 0.512. The van der Waals surface area contributed by atoms with E-state index in [0.717, 1.165) is 5.57 Å². The number of esters is 1. The number of ether oxygens (including phenoxy) is 1. The zero-order valence-corrected chi connectivity index (χ0v) is 9.70. The average molecular weight is 222 g/mol. The van der Waals surface area contributed by atoms with Crippen LogP contribution in [0.1, 0.15) is 32.6 Å². The molecule has 0 bridgehead atoms. The summed E-state index contributed by atoms with van der Waals surface area (Å²) in [5.41, 5.74) is 0.843. The topological polar surface area (TPSA) is 43.4 Å². The summed E-state index contributed by atoms with van der Waals surface area (Å²) in [7, 11) is 0. The Morgan fingerprint density at radius 2 is 2.25 bits per heavy atom. The van der Waals surface area contributed by atoms with Crippen molar-refractivity contribution in [2.75, 3.05) is 0 Å². The summed E-state index contributed by atoms with van der Waals surface area (Å²) in [6.07, 6.45) is 3.91. The SMILES string of the molecule is C=CCC1CC(C(=C)CCC(C)=O)OC1=O. The Kier molecular flexibility index (Phi) is 4.47. The van der Waals surface area contributed by atoms with Crippen LogP contribution in [0.2, 0.25) is 0 Å². The minimum atomic E-state index is -0.211. The molecule has 0 radical (unpaired) electrons. The number of Topliss-reactive ketones (excluding diaryl/α,β-unsaturated/α-hetero) is 1. The molecule has 0 aromatic carbocycles. The van der Waals surface area contributed by atoms with Crippen LogP contribution in [0.4, 0.5) is 0 Å². The number of carbonyl (C=O) groups is 2. The van der Waals surface area contributed by atoms with Crippen molar-refractivity contribution in [3.63, 3.8) is 0 Å². The van der Waals surface area contributed by atoms with Gasteiger partial charge in [0, 0.05) is 12.8 Å². The lowest BCUT2D eigenvalue weighted by Gasteiger charge is -2.11. The van der Waals surface area contributed by atoms with E-state index in [1.165, 1.54) is 0 Å². The van der Waals surface area contributed by atoms with E-state index in [1.54, 1.807) is 13.0 Å². The molecule has 3 nitrogen and oxygen atoms in total. The molecule has 0 N–H and O–H groups in total. The van der Waals surface area contributed by atoms with E-state index in [9.17, 15) is 9.59 Å². The molecule has 0 aliphatic carbocycles. The maximum Gasteiger partial charge on any atom is 0.310 e. The van der Waals surface area contributed by atoms with Gasteiger partial charge >= 0.3 is 5.97 Å². The average Bonchev–Trinajstić information content (AvgIpc) is 2.57. The molecule has 2 atom stereocenters. The van der Waals surface area contributed by atoms with Gasteiger partial charge in [-0.1, -0.05) is 12.7 Å². The largest absolute Gasteiger partial charge is 0.458 e. The number of hydrogen-bond donors (Lipinski definition) is 0. The van der Waals surface area contributed by atoms with Crippen molar-refractivity contribution in [1.82, 2.24) is 0 Å². The Hall–Kier alpha value is -1.38. The summed E-state index contributed by atoms with van der Waals surface area (Å²) < 4.78 is 5.22. The number of ketones is 1. The third kappa shape index (κ3) is 3.33. The van der Waals surface area contributed by atoms with E-state index < -0.39 is 0 Å². The van der Waals surface area contributed by atoms with Gasteiger partial charge in [0.2, 0.25) is 0 Å². The highest BCUT2D eigenvalue weighted by atomic mass is 16.6. The van der Waals surface area contributed by atoms with Crippen LogP contribution in [0.15, 0.2) is 24.8 Å². The second-order valence-corrected chi connectivity index (χ2v) is 4.24. The molecule has 1 heterocycles. The molecule has 3 heteroatoms. The Morgan fingerprint density at radius 3 is 2.81 bits per heavy atom. The molecule has 0 saturated carbocycles. The standard InChI is InChI=1S/C13H18O3/c1-4-5-11-8-12(16-13(11)15)9(2)6-7-10(3)14/h4,11-12H,1-2,5-8H2,3H3. The van der Waals surface area contributed by atoms with E-state index in [0.29, 0.717) is 25.7 Å². The molecule has 0 aromatic heterocycles. The molecule has 1 saturated heterocycles. The third-order valence-electron chi connectivity index (χ3n) is 2.80. The van der Waals surface area contributed by atoms with Gasteiger partial charge in [-0.3, -0.25) is 4.79 Å². The first kappa shape index (κ1) is 12.7. The van der Waals surface area contributed by atoms with E-state index in [2.05, 4.69) is 13.2 Å². The lowest BCUT2D eigenvalue weighted by Crippen LogP contribution is -2.10. The molecule has 1 fully saturated rings. The molecule has 88 valence electrons. The molecule has 1 aliphatic heterocycles. The first-order valence-electron chi connectivity index (χ1n) is 5.53. The van der Waals surface area contributed by atoms with Gasteiger partial charge in [-0.2, -0.15) is 0 Å². The van der Waals surface area contributed by atoms with Crippen LogP contribution in [-0.2, 0) is 14.3 Å². The fourth-order valence-electron chi connectivity index (χ4n) is 1.78. The molecule has 2 unspecified atom stereocenters. The number of rotatable bonds is 6. The van der Waals surface area contributed by atoms with Crippen molar-refractivity contribution in [3.05, 3.63) is 24.8 Å². The Morgan fingerprint density at radius 1 is 1.56 bits per heavy atom. The zero-order chi connectivity index (χ0) is 12.1. The van der Waals surface area contributed by atoms with Crippen LogP contribution in [0, 0.1) is 5.92 Å². The van der Waals surface area contributed by atoms with Gasteiger partial charge in [0.15, 0.2) is 0 Å². The zero-order valence-electron chi connectivity index (χ0n) is 9.70. The predicted octanol–water partition coefficient (Wildman–Crippen LogP) is 2.42. The van der Waals surface area contributed by atoms with Crippen LogP contribution in [0.25, 0.3) is 0 Å². The van der Waals surface area contributed by atoms with Crippen molar-refractivity contribution in [2.45, 2.75) is 38.7 Å². The van der Waals surface area contributed by atoms with Crippen LogP contribution in [0.3, 0.4) is 0 Å². The summed E-state index contributed by atoms with van der Waals surface area (Å²) in [6.45, 7) is 9.05. The molecule has 1 aliphatic rings. The fourth-order valence-corrected chi connectivity index (χ4v) is 1.78. The molecule has 0 aromatic rings. The molecule has 16 heavy (non-hydrogen) atoms. The van der Waals surface area contributed by atoms with Crippen molar-refractivity contribution in [1.29, 1.82) is 0 Å². The summed E-state index contributed by atoms with van der Waals surface area (Å²) in [5.74, 6) is -0.126. The summed E-state index contributed by atoms with van der Waals surface area (Å²) in [5, 5.41) is 0. The van der Waals surface area contributed by atoms with Crippen molar-refractivity contribution in [2.24, 2.45) is 5.92 Å². The highest BCUT2D eigenvalue weighted by molar-refractivity contribution is 5.76. The predicted molar refractivity (Wildman–Crippen MR) is 61.9 cm³/mol. The van der Waals surface area contributed by atoms with Crippen LogP contribution in [0.5, 0.6) is 0 Å². The number of hydrogen-bond acceptors (Lipinski definition) is 3. The Balaban J connectivity index is 2.45. The van der Waals surface area contributed by atoms with Gasteiger partial charge in [-0.15, -0.1) is 6.58 Å². The second kappa shape index (κ2) is 5.64. The first-order valence-corrected chi connectivity index (χ1v) is 5.53. The van der Waals surface area contributed by atoms with Crippen LogP contribution < -0.4 is 0 Å². The maximum atomic E-state index is 11.4. The highest BCUT2D eigenvalue weighted by Gasteiger charge is 2.34.